The maximum absolute atomic E-state index is 4.35. The Morgan fingerprint density at radius 2 is 1.65 bits per heavy atom. The lowest BCUT2D eigenvalue weighted by Crippen LogP contribution is -2.47. The molecule has 5 heteroatoms. The van der Waals surface area contributed by atoms with Crippen molar-refractivity contribution >= 4 is 5.95 Å². The van der Waals surface area contributed by atoms with Crippen LogP contribution in [0.15, 0.2) is 18.5 Å². The Bertz CT molecular complexity index is 465. The smallest absolute Gasteiger partial charge is 0.225 e. The minimum absolute atomic E-state index is 0.849. The molecule has 2 saturated carbocycles. The van der Waals surface area contributed by atoms with Crippen LogP contribution in [0.5, 0.6) is 0 Å². The van der Waals surface area contributed by atoms with Gasteiger partial charge in [0.15, 0.2) is 0 Å². The molecule has 2 heterocycles. The summed E-state index contributed by atoms with van der Waals surface area (Å²) in [6.45, 7) is 6.77. The number of hydrogen-bond donors (Lipinski definition) is 1. The Balaban J connectivity index is 1.13. The highest BCUT2D eigenvalue weighted by molar-refractivity contribution is 5.29. The van der Waals surface area contributed by atoms with Crippen molar-refractivity contribution in [1.82, 2.24) is 20.2 Å². The zero-order valence-electron chi connectivity index (χ0n) is 14.0. The average Bonchev–Trinajstić information content (AvgIpc) is 3.49. The molecule has 4 rings (SSSR count). The Morgan fingerprint density at radius 1 is 1.00 bits per heavy atom. The van der Waals surface area contributed by atoms with E-state index in [1.807, 2.05) is 18.5 Å². The van der Waals surface area contributed by atoms with Crippen LogP contribution >= 0.6 is 0 Å². The Labute approximate surface area is 139 Å². The van der Waals surface area contributed by atoms with Crippen LogP contribution in [-0.4, -0.2) is 60.2 Å². The molecule has 1 saturated heterocycles. The van der Waals surface area contributed by atoms with Crippen LogP contribution in [0, 0.1) is 11.8 Å². The van der Waals surface area contributed by atoms with E-state index in [1.54, 1.807) is 0 Å². The highest BCUT2D eigenvalue weighted by Gasteiger charge is 2.40. The van der Waals surface area contributed by atoms with Crippen LogP contribution in [0.2, 0.25) is 0 Å². The van der Waals surface area contributed by atoms with E-state index in [0.29, 0.717) is 0 Å². The van der Waals surface area contributed by atoms with E-state index >= 15 is 0 Å². The zero-order chi connectivity index (χ0) is 15.5. The third-order valence-electron chi connectivity index (χ3n) is 5.50. The van der Waals surface area contributed by atoms with Crippen molar-refractivity contribution in [3.8, 4) is 0 Å². The molecule has 0 spiro atoms. The molecule has 0 aromatic carbocycles. The third kappa shape index (κ3) is 4.21. The van der Waals surface area contributed by atoms with Gasteiger partial charge in [0.1, 0.15) is 0 Å². The second-order valence-electron chi connectivity index (χ2n) is 7.39. The summed E-state index contributed by atoms with van der Waals surface area (Å²) in [5.74, 6) is 2.90. The fraction of sp³-hybridized carbons (Fsp3) is 0.778. The molecule has 0 unspecified atom stereocenters. The second-order valence-corrected chi connectivity index (χ2v) is 7.39. The predicted molar refractivity (Wildman–Crippen MR) is 92.5 cm³/mol. The first-order valence-corrected chi connectivity index (χ1v) is 9.38. The quantitative estimate of drug-likeness (QED) is 0.741. The van der Waals surface area contributed by atoms with Gasteiger partial charge in [-0.1, -0.05) is 0 Å². The van der Waals surface area contributed by atoms with Crippen LogP contribution in [-0.2, 0) is 0 Å². The number of hydrogen-bond acceptors (Lipinski definition) is 5. The summed E-state index contributed by atoms with van der Waals surface area (Å²) in [4.78, 5) is 13.6. The molecule has 23 heavy (non-hydrogen) atoms. The van der Waals surface area contributed by atoms with Crippen molar-refractivity contribution < 1.29 is 0 Å². The van der Waals surface area contributed by atoms with E-state index in [9.17, 15) is 0 Å². The van der Waals surface area contributed by atoms with Gasteiger partial charge in [0, 0.05) is 44.6 Å². The van der Waals surface area contributed by atoms with Crippen LogP contribution < -0.4 is 10.2 Å². The first kappa shape index (κ1) is 15.3. The van der Waals surface area contributed by atoms with E-state index in [4.69, 9.17) is 0 Å². The maximum atomic E-state index is 4.35. The van der Waals surface area contributed by atoms with Crippen molar-refractivity contribution in [2.45, 2.75) is 38.1 Å². The molecule has 3 aliphatic rings. The molecule has 1 aromatic heterocycles. The maximum Gasteiger partial charge on any atom is 0.225 e. The largest absolute Gasteiger partial charge is 0.338 e. The molecule has 3 fully saturated rings. The van der Waals surface area contributed by atoms with Crippen molar-refractivity contribution in [3.63, 3.8) is 0 Å². The van der Waals surface area contributed by atoms with E-state index in [0.717, 1.165) is 50.0 Å². The molecule has 1 aliphatic heterocycles. The summed E-state index contributed by atoms with van der Waals surface area (Å²) >= 11 is 0. The van der Waals surface area contributed by atoms with E-state index in [-0.39, 0.29) is 0 Å². The summed E-state index contributed by atoms with van der Waals surface area (Å²) in [6, 6.07) is 2.73. The average molecular weight is 315 g/mol. The molecule has 0 bridgehead atoms. The van der Waals surface area contributed by atoms with Gasteiger partial charge in [-0.15, -0.1) is 0 Å². The molecule has 1 N–H and O–H groups in total. The minimum Gasteiger partial charge on any atom is -0.338 e. The number of piperazine rings is 1. The fourth-order valence-corrected chi connectivity index (χ4v) is 3.83. The van der Waals surface area contributed by atoms with Crippen molar-refractivity contribution in [3.05, 3.63) is 18.5 Å². The standard InChI is InChI=1S/C18H29N5/c1-7-20-18(21-8-1)23-13-11-22(12-14-23)10-2-9-19-17(15-3-4-15)16-5-6-16/h1,7-8,15-17,19H,2-6,9-14H2. The zero-order valence-corrected chi connectivity index (χ0v) is 14.0. The molecule has 0 radical (unpaired) electrons. The number of nitrogens with one attached hydrogen (secondary N) is 1. The van der Waals surface area contributed by atoms with E-state index < -0.39 is 0 Å². The highest BCUT2D eigenvalue weighted by atomic mass is 15.3. The summed E-state index contributed by atoms with van der Waals surface area (Å²) in [7, 11) is 0. The Kier molecular flexibility index (Phi) is 4.76. The van der Waals surface area contributed by atoms with Gasteiger partial charge in [-0.2, -0.15) is 0 Å². The van der Waals surface area contributed by atoms with Gasteiger partial charge in [-0.3, -0.25) is 4.90 Å². The summed E-state index contributed by atoms with van der Waals surface area (Å²) in [5, 5.41) is 3.86. The summed E-state index contributed by atoms with van der Waals surface area (Å²) in [6.07, 6.45) is 10.8. The molecule has 0 atom stereocenters. The van der Waals surface area contributed by atoms with E-state index in [2.05, 4.69) is 25.1 Å². The second kappa shape index (κ2) is 7.14. The lowest BCUT2D eigenvalue weighted by atomic mass is 10.1. The predicted octanol–water partition coefficient (Wildman–Crippen LogP) is 1.77. The number of aromatic nitrogens is 2. The van der Waals surface area contributed by atoms with Crippen LogP contribution in [0.25, 0.3) is 0 Å². The van der Waals surface area contributed by atoms with Crippen LogP contribution in [0.3, 0.4) is 0 Å². The molecule has 1 aromatic rings. The minimum atomic E-state index is 0.849. The van der Waals surface area contributed by atoms with E-state index in [1.165, 1.54) is 45.2 Å². The van der Waals surface area contributed by atoms with Gasteiger partial charge in [0.2, 0.25) is 5.95 Å². The third-order valence-corrected chi connectivity index (χ3v) is 5.50. The lowest BCUT2D eigenvalue weighted by Gasteiger charge is -2.34. The number of anilines is 1. The molecular formula is C18H29N5. The molecule has 0 amide bonds. The molecule has 5 nitrogen and oxygen atoms in total. The Morgan fingerprint density at radius 3 is 2.26 bits per heavy atom. The first-order chi connectivity index (χ1) is 11.4. The summed E-state index contributed by atoms with van der Waals surface area (Å²) < 4.78 is 0. The topological polar surface area (TPSA) is 44.3 Å². The Hall–Kier alpha value is -1.20. The molecular weight excluding hydrogens is 286 g/mol. The van der Waals surface area contributed by atoms with Gasteiger partial charge in [-0.05, 0) is 63.1 Å². The number of nitrogens with zero attached hydrogens (tertiary/aromatic N) is 4. The number of rotatable bonds is 8. The van der Waals surface area contributed by atoms with Gasteiger partial charge in [-0.25, -0.2) is 9.97 Å². The lowest BCUT2D eigenvalue weighted by molar-refractivity contribution is 0.250. The van der Waals surface area contributed by atoms with Crippen molar-refractivity contribution in [2.75, 3.05) is 44.2 Å². The van der Waals surface area contributed by atoms with Crippen LogP contribution in [0.4, 0.5) is 5.95 Å². The summed E-state index contributed by atoms with van der Waals surface area (Å²) in [5.41, 5.74) is 0. The normalized spacial score (nSPS) is 22.7. The first-order valence-electron chi connectivity index (χ1n) is 9.38. The van der Waals surface area contributed by atoms with Crippen LogP contribution in [0.1, 0.15) is 32.1 Å². The van der Waals surface area contributed by atoms with Gasteiger partial charge >= 0.3 is 0 Å². The highest BCUT2D eigenvalue weighted by Crippen LogP contribution is 2.44. The molecule has 126 valence electrons. The van der Waals surface area contributed by atoms with Gasteiger partial charge in [0.05, 0.1) is 0 Å². The van der Waals surface area contributed by atoms with Crippen molar-refractivity contribution in [2.24, 2.45) is 11.8 Å². The van der Waals surface area contributed by atoms with Gasteiger partial charge in [0.25, 0.3) is 0 Å². The SMILES string of the molecule is c1cnc(N2CCN(CCCNC(C3CC3)C3CC3)CC2)nc1. The fourth-order valence-electron chi connectivity index (χ4n) is 3.83. The van der Waals surface area contributed by atoms with Crippen molar-refractivity contribution in [1.29, 1.82) is 0 Å². The monoisotopic (exact) mass is 315 g/mol. The van der Waals surface area contributed by atoms with Gasteiger partial charge < -0.3 is 10.2 Å². The molecule has 2 aliphatic carbocycles.